The summed E-state index contributed by atoms with van der Waals surface area (Å²) in [7, 11) is 0. The van der Waals surface area contributed by atoms with Crippen molar-refractivity contribution >= 4 is 5.82 Å². The smallest absolute Gasteiger partial charge is 0.152 e. The van der Waals surface area contributed by atoms with Gasteiger partial charge in [-0.1, -0.05) is 6.92 Å². The second-order valence-electron chi connectivity index (χ2n) is 4.22. The molecule has 0 bridgehead atoms. The van der Waals surface area contributed by atoms with E-state index in [1.807, 2.05) is 19.1 Å². The van der Waals surface area contributed by atoms with Crippen molar-refractivity contribution in [1.29, 1.82) is 0 Å². The fourth-order valence-corrected chi connectivity index (χ4v) is 1.89. The van der Waals surface area contributed by atoms with Gasteiger partial charge in [0.15, 0.2) is 5.76 Å². The summed E-state index contributed by atoms with van der Waals surface area (Å²) >= 11 is 0. The minimum absolute atomic E-state index is 0.798. The van der Waals surface area contributed by atoms with Crippen molar-refractivity contribution in [3.05, 3.63) is 29.8 Å². The van der Waals surface area contributed by atoms with E-state index in [1.165, 1.54) is 0 Å². The fourth-order valence-electron chi connectivity index (χ4n) is 1.89. The zero-order valence-corrected chi connectivity index (χ0v) is 11.2. The van der Waals surface area contributed by atoms with Crippen LogP contribution in [0.15, 0.2) is 22.8 Å². The lowest BCUT2D eigenvalue weighted by Crippen LogP contribution is -2.07. The van der Waals surface area contributed by atoms with Crippen LogP contribution in [-0.4, -0.2) is 16.5 Å². The Kier molecular flexibility index (Phi) is 3.97. The average molecular weight is 245 g/mol. The number of hydrogen-bond acceptors (Lipinski definition) is 4. The van der Waals surface area contributed by atoms with Gasteiger partial charge in [0.2, 0.25) is 0 Å². The maximum Gasteiger partial charge on any atom is 0.152 e. The van der Waals surface area contributed by atoms with Gasteiger partial charge < -0.3 is 9.73 Å². The summed E-state index contributed by atoms with van der Waals surface area (Å²) < 4.78 is 5.45. The van der Waals surface area contributed by atoms with Crippen molar-refractivity contribution in [2.24, 2.45) is 0 Å². The molecule has 2 heterocycles. The molecule has 18 heavy (non-hydrogen) atoms. The average Bonchev–Trinajstić information content (AvgIpc) is 2.87. The van der Waals surface area contributed by atoms with Crippen molar-refractivity contribution in [2.45, 2.75) is 33.6 Å². The summed E-state index contributed by atoms with van der Waals surface area (Å²) in [5.41, 5.74) is 1.92. The molecule has 0 radical (unpaired) electrons. The molecular weight excluding hydrogens is 226 g/mol. The number of furan rings is 1. The molecule has 2 aromatic heterocycles. The number of nitrogens with zero attached hydrogens (tertiary/aromatic N) is 2. The molecule has 0 aliphatic rings. The van der Waals surface area contributed by atoms with Crippen LogP contribution in [0, 0.1) is 6.92 Å². The quantitative estimate of drug-likeness (QED) is 0.876. The number of rotatable bonds is 5. The van der Waals surface area contributed by atoms with E-state index in [-0.39, 0.29) is 0 Å². The van der Waals surface area contributed by atoms with E-state index in [4.69, 9.17) is 4.42 Å². The topological polar surface area (TPSA) is 51.0 Å². The molecule has 0 aromatic carbocycles. The summed E-state index contributed by atoms with van der Waals surface area (Å²) in [4.78, 5) is 9.16. The van der Waals surface area contributed by atoms with Crippen molar-refractivity contribution < 1.29 is 4.42 Å². The lowest BCUT2D eigenvalue weighted by atomic mass is 10.1. The number of hydrogen-bond donors (Lipinski definition) is 1. The largest absolute Gasteiger partial charge is 0.463 e. The van der Waals surface area contributed by atoms with E-state index in [0.717, 1.165) is 48.0 Å². The van der Waals surface area contributed by atoms with Gasteiger partial charge in [0, 0.05) is 18.5 Å². The summed E-state index contributed by atoms with van der Waals surface area (Å²) in [6, 6.07) is 3.81. The van der Waals surface area contributed by atoms with Crippen LogP contribution in [0.25, 0.3) is 11.5 Å². The first-order chi connectivity index (χ1) is 8.76. The maximum atomic E-state index is 5.45. The molecule has 0 spiro atoms. The third-order valence-corrected chi connectivity index (χ3v) is 2.76. The zero-order chi connectivity index (χ0) is 13.0. The van der Waals surface area contributed by atoms with Crippen molar-refractivity contribution in [2.75, 3.05) is 11.9 Å². The highest BCUT2D eigenvalue weighted by Gasteiger charge is 2.13. The molecule has 0 amide bonds. The van der Waals surface area contributed by atoms with Gasteiger partial charge in [-0.2, -0.15) is 0 Å². The molecule has 4 nitrogen and oxygen atoms in total. The monoisotopic (exact) mass is 245 g/mol. The van der Waals surface area contributed by atoms with Gasteiger partial charge in [-0.05, 0) is 32.4 Å². The van der Waals surface area contributed by atoms with Crippen LogP contribution in [-0.2, 0) is 6.42 Å². The molecule has 2 aromatic rings. The van der Waals surface area contributed by atoms with Gasteiger partial charge in [-0.15, -0.1) is 0 Å². The Hall–Kier alpha value is -1.84. The highest BCUT2D eigenvalue weighted by molar-refractivity contribution is 5.64. The third-order valence-electron chi connectivity index (χ3n) is 2.76. The van der Waals surface area contributed by atoms with Gasteiger partial charge in [0.05, 0.1) is 6.26 Å². The van der Waals surface area contributed by atoms with Crippen LogP contribution < -0.4 is 5.32 Å². The standard InChI is InChI=1S/C14H19N3O/c1-4-7-12-16-13(11-8-6-9-18-11)10(3)14(17-12)15-5-2/h6,8-9H,4-5,7H2,1-3H3,(H,15,16,17). The predicted molar refractivity (Wildman–Crippen MR) is 72.6 cm³/mol. The van der Waals surface area contributed by atoms with Gasteiger partial charge in [-0.3, -0.25) is 0 Å². The zero-order valence-electron chi connectivity index (χ0n) is 11.2. The summed E-state index contributed by atoms with van der Waals surface area (Å²) in [5, 5.41) is 3.28. The van der Waals surface area contributed by atoms with Crippen molar-refractivity contribution in [3.63, 3.8) is 0 Å². The maximum absolute atomic E-state index is 5.45. The van der Waals surface area contributed by atoms with E-state index in [9.17, 15) is 0 Å². The van der Waals surface area contributed by atoms with Crippen LogP contribution in [0.2, 0.25) is 0 Å². The Bertz CT molecular complexity index is 506. The van der Waals surface area contributed by atoms with Gasteiger partial charge in [-0.25, -0.2) is 9.97 Å². The molecule has 2 rings (SSSR count). The van der Waals surface area contributed by atoms with E-state index >= 15 is 0 Å². The van der Waals surface area contributed by atoms with E-state index in [2.05, 4.69) is 29.1 Å². The van der Waals surface area contributed by atoms with Crippen LogP contribution in [0.3, 0.4) is 0 Å². The van der Waals surface area contributed by atoms with Crippen LogP contribution in [0.1, 0.15) is 31.7 Å². The second kappa shape index (κ2) is 5.67. The van der Waals surface area contributed by atoms with E-state index in [0.29, 0.717) is 0 Å². The summed E-state index contributed by atoms with van der Waals surface area (Å²) in [6.45, 7) is 7.06. The van der Waals surface area contributed by atoms with E-state index in [1.54, 1.807) is 6.26 Å². The predicted octanol–water partition coefficient (Wildman–Crippen LogP) is 3.43. The minimum Gasteiger partial charge on any atom is -0.463 e. The normalized spacial score (nSPS) is 10.6. The molecule has 4 heteroatoms. The number of aryl methyl sites for hydroxylation is 1. The lowest BCUT2D eigenvalue weighted by molar-refractivity contribution is 0.578. The first kappa shape index (κ1) is 12.6. The number of aromatic nitrogens is 2. The molecule has 0 aliphatic heterocycles. The Morgan fingerprint density at radius 1 is 1.28 bits per heavy atom. The second-order valence-corrected chi connectivity index (χ2v) is 4.22. The Labute approximate surface area is 107 Å². The Balaban J connectivity index is 2.49. The van der Waals surface area contributed by atoms with Crippen molar-refractivity contribution in [3.8, 4) is 11.5 Å². The highest BCUT2D eigenvalue weighted by atomic mass is 16.3. The Morgan fingerprint density at radius 2 is 2.11 bits per heavy atom. The first-order valence-corrected chi connectivity index (χ1v) is 6.41. The van der Waals surface area contributed by atoms with Gasteiger partial charge in [0.1, 0.15) is 17.3 Å². The summed E-state index contributed by atoms with van der Waals surface area (Å²) in [6.07, 6.45) is 3.59. The molecular formula is C14H19N3O. The van der Waals surface area contributed by atoms with Gasteiger partial charge >= 0.3 is 0 Å². The summed E-state index contributed by atoms with van der Waals surface area (Å²) in [5.74, 6) is 2.57. The molecule has 0 saturated heterocycles. The third kappa shape index (κ3) is 2.53. The number of anilines is 1. The molecule has 1 N–H and O–H groups in total. The first-order valence-electron chi connectivity index (χ1n) is 6.41. The van der Waals surface area contributed by atoms with Gasteiger partial charge in [0.25, 0.3) is 0 Å². The molecule has 0 aliphatic carbocycles. The molecule has 0 atom stereocenters. The Morgan fingerprint density at radius 3 is 2.72 bits per heavy atom. The fraction of sp³-hybridized carbons (Fsp3) is 0.429. The van der Waals surface area contributed by atoms with Crippen LogP contribution in [0.4, 0.5) is 5.82 Å². The minimum atomic E-state index is 0.798. The molecule has 0 saturated carbocycles. The van der Waals surface area contributed by atoms with E-state index < -0.39 is 0 Å². The van der Waals surface area contributed by atoms with Crippen LogP contribution in [0.5, 0.6) is 0 Å². The van der Waals surface area contributed by atoms with Crippen molar-refractivity contribution in [1.82, 2.24) is 9.97 Å². The highest BCUT2D eigenvalue weighted by Crippen LogP contribution is 2.26. The van der Waals surface area contributed by atoms with Crippen LogP contribution >= 0.6 is 0 Å². The molecule has 0 unspecified atom stereocenters. The molecule has 0 fully saturated rings. The SMILES string of the molecule is CCCc1nc(NCC)c(C)c(-c2ccco2)n1. The molecule has 96 valence electrons. The lowest BCUT2D eigenvalue weighted by Gasteiger charge is -2.11. The number of nitrogens with one attached hydrogen (secondary N) is 1.